The Bertz CT molecular complexity index is 294. The highest BCUT2D eigenvalue weighted by molar-refractivity contribution is 4.99. The summed E-state index contributed by atoms with van der Waals surface area (Å²) in [7, 11) is 1.47. The Labute approximate surface area is 100 Å². The average Bonchev–Trinajstić information content (AvgIpc) is 2.55. The van der Waals surface area contributed by atoms with E-state index in [0.29, 0.717) is 0 Å². The summed E-state index contributed by atoms with van der Waals surface area (Å²) in [6, 6.07) is 0. The van der Waals surface area contributed by atoms with Crippen LogP contribution in [0.1, 0.15) is 27.2 Å². The highest BCUT2D eigenvalue weighted by atomic mass is 16.8. The molecule has 2 N–H and O–H groups in total. The first-order valence-corrected chi connectivity index (χ1v) is 5.79. The molecule has 5 atom stereocenters. The predicted molar refractivity (Wildman–Crippen MR) is 57.0 cm³/mol. The molecule has 0 amide bonds. The van der Waals surface area contributed by atoms with Crippen LogP contribution >= 0.6 is 0 Å². The molecule has 2 saturated heterocycles. The van der Waals surface area contributed by atoms with Crippen LogP contribution in [0, 0.1) is 0 Å². The first-order chi connectivity index (χ1) is 7.83. The molecular formula is C11H20O6. The lowest BCUT2D eigenvalue weighted by atomic mass is 9.94. The maximum Gasteiger partial charge on any atom is 0.197 e. The molecule has 17 heavy (non-hydrogen) atoms. The molecule has 0 aliphatic carbocycles. The normalized spacial score (nSPS) is 49.1. The summed E-state index contributed by atoms with van der Waals surface area (Å²) in [4.78, 5) is 0. The van der Waals surface area contributed by atoms with E-state index in [4.69, 9.17) is 18.9 Å². The van der Waals surface area contributed by atoms with Crippen LogP contribution in [0.2, 0.25) is 0 Å². The first-order valence-electron chi connectivity index (χ1n) is 5.79. The summed E-state index contributed by atoms with van der Waals surface area (Å²) in [5.41, 5.74) is 0. The molecule has 2 aliphatic heterocycles. The number of hydrogen-bond acceptors (Lipinski definition) is 6. The lowest BCUT2D eigenvalue weighted by Gasteiger charge is -2.44. The fraction of sp³-hybridized carbons (Fsp3) is 1.00. The van der Waals surface area contributed by atoms with Crippen LogP contribution in [0.4, 0.5) is 0 Å². The standard InChI is InChI=1S/C11H20O6/c1-5-11(13)8(14-4)6-7(9(12)17-11)16-10(2,3)15-6/h6-9,12-13H,5H2,1-4H3/t6-,7+,8+,9?,11-/m0/s1. The number of aliphatic hydroxyl groups excluding tert-OH is 1. The van der Waals surface area contributed by atoms with Crippen molar-refractivity contribution in [2.45, 2.75) is 63.4 Å². The minimum absolute atomic E-state index is 0.287. The Kier molecular flexibility index (Phi) is 3.22. The van der Waals surface area contributed by atoms with Gasteiger partial charge in [-0.2, -0.15) is 0 Å². The molecule has 2 aliphatic rings. The van der Waals surface area contributed by atoms with Crippen molar-refractivity contribution in [3.63, 3.8) is 0 Å². The van der Waals surface area contributed by atoms with Gasteiger partial charge in [-0.05, 0) is 13.8 Å². The van der Waals surface area contributed by atoms with Crippen molar-refractivity contribution in [2.24, 2.45) is 0 Å². The number of aliphatic hydroxyl groups is 2. The van der Waals surface area contributed by atoms with Gasteiger partial charge in [0.25, 0.3) is 0 Å². The largest absolute Gasteiger partial charge is 0.373 e. The first kappa shape index (κ1) is 13.2. The van der Waals surface area contributed by atoms with Crippen LogP contribution < -0.4 is 0 Å². The Morgan fingerprint density at radius 3 is 2.29 bits per heavy atom. The SMILES string of the molecule is CC[C@]1(O)OC(O)[C@@H]2OC(C)(C)O[C@@H]2[C@H]1OC. The van der Waals surface area contributed by atoms with E-state index in [-0.39, 0.29) is 6.42 Å². The highest BCUT2D eigenvalue weighted by Crippen LogP contribution is 2.41. The van der Waals surface area contributed by atoms with Gasteiger partial charge in [0, 0.05) is 13.5 Å². The molecule has 0 aromatic carbocycles. The average molecular weight is 248 g/mol. The Hall–Kier alpha value is -0.240. The van der Waals surface area contributed by atoms with Crippen molar-refractivity contribution in [3.05, 3.63) is 0 Å². The van der Waals surface area contributed by atoms with Crippen LogP contribution in [0.3, 0.4) is 0 Å². The molecule has 0 spiro atoms. The van der Waals surface area contributed by atoms with E-state index in [1.165, 1.54) is 7.11 Å². The van der Waals surface area contributed by atoms with Gasteiger partial charge in [-0.1, -0.05) is 6.92 Å². The second kappa shape index (κ2) is 4.15. The minimum atomic E-state index is -1.56. The van der Waals surface area contributed by atoms with Crippen LogP contribution in [-0.2, 0) is 18.9 Å². The fourth-order valence-corrected chi connectivity index (χ4v) is 2.47. The van der Waals surface area contributed by atoms with Crippen molar-refractivity contribution < 1.29 is 29.2 Å². The van der Waals surface area contributed by atoms with E-state index in [9.17, 15) is 10.2 Å². The van der Waals surface area contributed by atoms with Gasteiger partial charge in [0.2, 0.25) is 0 Å². The molecule has 0 aromatic heterocycles. The van der Waals surface area contributed by atoms with Crippen molar-refractivity contribution in [1.29, 1.82) is 0 Å². The third-order valence-corrected chi connectivity index (χ3v) is 3.27. The molecular weight excluding hydrogens is 228 g/mol. The number of methoxy groups -OCH3 is 1. The second-order valence-corrected chi connectivity index (χ2v) is 4.93. The van der Waals surface area contributed by atoms with Gasteiger partial charge < -0.3 is 29.2 Å². The maximum absolute atomic E-state index is 10.3. The molecule has 2 rings (SSSR count). The molecule has 100 valence electrons. The highest BCUT2D eigenvalue weighted by Gasteiger charge is 2.60. The summed E-state index contributed by atoms with van der Waals surface area (Å²) < 4.78 is 21.7. The monoisotopic (exact) mass is 248 g/mol. The van der Waals surface area contributed by atoms with Crippen LogP contribution in [0.25, 0.3) is 0 Å². The van der Waals surface area contributed by atoms with E-state index >= 15 is 0 Å². The van der Waals surface area contributed by atoms with E-state index in [2.05, 4.69) is 0 Å². The molecule has 6 heteroatoms. The van der Waals surface area contributed by atoms with E-state index in [1.807, 2.05) is 0 Å². The molecule has 6 nitrogen and oxygen atoms in total. The molecule has 0 bridgehead atoms. The van der Waals surface area contributed by atoms with Crippen molar-refractivity contribution in [1.82, 2.24) is 0 Å². The van der Waals surface area contributed by atoms with Gasteiger partial charge in [0.05, 0.1) is 0 Å². The maximum atomic E-state index is 10.3. The van der Waals surface area contributed by atoms with E-state index in [0.717, 1.165) is 0 Å². The summed E-state index contributed by atoms with van der Waals surface area (Å²) >= 11 is 0. The summed E-state index contributed by atoms with van der Waals surface area (Å²) in [6.07, 6.45) is -2.83. The molecule has 2 fully saturated rings. The third-order valence-electron chi connectivity index (χ3n) is 3.27. The molecule has 0 radical (unpaired) electrons. The predicted octanol–water partition coefficient (Wildman–Crippen LogP) is -0.0313. The zero-order valence-electron chi connectivity index (χ0n) is 10.5. The van der Waals surface area contributed by atoms with E-state index in [1.54, 1.807) is 20.8 Å². The lowest BCUT2D eigenvalue weighted by Crippen LogP contribution is -2.63. The Morgan fingerprint density at radius 1 is 1.18 bits per heavy atom. The zero-order valence-corrected chi connectivity index (χ0v) is 10.5. The number of hydrogen-bond donors (Lipinski definition) is 2. The van der Waals surface area contributed by atoms with Crippen LogP contribution in [0.15, 0.2) is 0 Å². The Balaban J connectivity index is 2.28. The van der Waals surface area contributed by atoms with Gasteiger partial charge in [-0.15, -0.1) is 0 Å². The van der Waals surface area contributed by atoms with Gasteiger partial charge in [0.15, 0.2) is 17.9 Å². The lowest BCUT2D eigenvalue weighted by molar-refractivity contribution is -0.372. The summed E-state index contributed by atoms with van der Waals surface area (Å²) in [5.74, 6) is -2.38. The molecule has 2 heterocycles. The third kappa shape index (κ3) is 2.09. The van der Waals surface area contributed by atoms with Crippen molar-refractivity contribution in [3.8, 4) is 0 Å². The van der Waals surface area contributed by atoms with Crippen LogP contribution in [-0.4, -0.2) is 53.5 Å². The number of ether oxygens (including phenoxy) is 4. The Morgan fingerprint density at radius 2 is 1.76 bits per heavy atom. The summed E-state index contributed by atoms with van der Waals surface area (Å²) in [5, 5.41) is 20.1. The minimum Gasteiger partial charge on any atom is -0.373 e. The summed E-state index contributed by atoms with van der Waals surface area (Å²) in [6.45, 7) is 5.24. The van der Waals surface area contributed by atoms with Crippen LogP contribution in [0.5, 0.6) is 0 Å². The number of rotatable bonds is 2. The molecule has 0 saturated carbocycles. The van der Waals surface area contributed by atoms with Gasteiger partial charge in [-0.25, -0.2) is 0 Å². The van der Waals surface area contributed by atoms with Gasteiger partial charge >= 0.3 is 0 Å². The topological polar surface area (TPSA) is 77.4 Å². The van der Waals surface area contributed by atoms with Crippen molar-refractivity contribution >= 4 is 0 Å². The molecule has 1 unspecified atom stereocenters. The smallest absolute Gasteiger partial charge is 0.197 e. The van der Waals surface area contributed by atoms with E-state index < -0.39 is 36.2 Å². The van der Waals surface area contributed by atoms with Gasteiger partial charge in [0.1, 0.15) is 18.3 Å². The number of fused-ring (bicyclic) bond motifs is 1. The van der Waals surface area contributed by atoms with Gasteiger partial charge in [-0.3, -0.25) is 0 Å². The fourth-order valence-electron chi connectivity index (χ4n) is 2.47. The molecule has 0 aromatic rings. The quantitative estimate of drug-likeness (QED) is 0.714. The van der Waals surface area contributed by atoms with Crippen molar-refractivity contribution in [2.75, 3.05) is 7.11 Å². The zero-order chi connectivity index (χ0) is 12.8. The second-order valence-electron chi connectivity index (χ2n) is 4.93.